The molecule has 1 aromatic heterocycles. The molecule has 0 unspecified atom stereocenters. The molecule has 0 aliphatic carbocycles. The van der Waals surface area contributed by atoms with E-state index < -0.39 is 11.5 Å². The molecule has 2 aromatic rings. The van der Waals surface area contributed by atoms with Crippen LogP contribution in [0.2, 0.25) is 0 Å². The van der Waals surface area contributed by atoms with E-state index in [1.807, 2.05) is 6.07 Å². The maximum Gasteiger partial charge on any atom is 0.308 e. The van der Waals surface area contributed by atoms with Gasteiger partial charge in [0.15, 0.2) is 0 Å². The lowest BCUT2D eigenvalue weighted by atomic mass is 10.2. The van der Waals surface area contributed by atoms with Gasteiger partial charge in [-0.1, -0.05) is 18.2 Å². The van der Waals surface area contributed by atoms with Crippen LogP contribution in [0.5, 0.6) is 0 Å². The molecule has 0 amide bonds. The Morgan fingerprint density at radius 2 is 1.94 bits per heavy atom. The highest BCUT2D eigenvalue weighted by molar-refractivity contribution is 5.69. The molecule has 0 saturated heterocycles. The molecule has 0 saturated carbocycles. The molecule has 2 rings (SSSR count). The quantitative estimate of drug-likeness (QED) is 0.848. The van der Waals surface area contributed by atoms with E-state index in [0.29, 0.717) is 5.69 Å². The summed E-state index contributed by atoms with van der Waals surface area (Å²) in [6.07, 6.45) is 1.13. The summed E-state index contributed by atoms with van der Waals surface area (Å²) in [4.78, 5) is 22.5. The van der Waals surface area contributed by atoms with Gasteiger partial charge in [0.05, 0.1) is 12.1 Å². The summed E-state index contributed by atoms with van der Waals surface area (Å²) in [5.41, 5.74) is 0.433. The minimum Gasteiger partial charge on any atom is -0.481 e. The monoisotopic (exact) mass is 230 g/mol. The van der Waals surface area contributed by atoms with Crippen LogP contribution in [0.3, 0.4) is 0 Å². The smallest absolute Gasteiger partial charge is 0.308 e. The van der Waals surface area contributed by atoms with Crippen LogP contribution in [0.1, 0.15) is 5.56 Å². The number of rotatable bonds is 3. The predicted molar refractivity (Wildman–Crippen MR) is 61.2 cm³/mol. The fourth-order valence-electron chi connectivity index (χ4n) is 1.50. The number of hydrogen-bond acceptors (Lipinski definition) is 3. The number of nitrogens with zero attached hydrogens (tertiary/aromatic N) is 2. The van der Waals surface area contributed by atoms with E-state index in [4.69, 9.17) is 5.11 Å². The van der Waals surface area contributed by atoms with Crippen molar-refractivity contribution in [1.82, 2.24) is 9.78 Å². The molecule has 1 N–H and O–H groups in total. The molecular formula is C12H10N2O3. The molecule has 17 heavy (non-hydrogen) atoms. The lowest BCUT2D eigenvalue weighted by Gasteiger charge is -2.05. The normalized spacial score (nSPS) is 10.1. The van der Waals surface area contributed by atoms with Gasteiger partial charge in [0, 0.05) is 11.8 Å². The highest BCUT2D eigenvalue weighted by atomic mass is 16.4. The maximum atomic E-state index is 11.9. The average molecular weight is 230 g/mol. The molecule has 0 bridgehead atoms. The summed E-state index contributed by atoms with van der Waals surface area (Å²) in [5, 5.41) is 12.6. The van der Waals surface area contributed by atoms with Crippen molar-refractivity contribution in [3.05, 3.63) is 58.5 Å². The number of hydrogen-bond donors (Lipinski definition) is 1. The molecule has 5 heteroatoms. The zero-order valence-corrected chi connectivity index (χ0v) is 8.91. The van der Waals surface area contributed by atoms with Crippen LogP contribution < -0.4 is 5.56 Å². The minimum absolute atomic E-state index is 0.219. The first-order chi connectivity index (χ1) is 8.18. The van der Waals surface area contributed by atoms with E-state index in [9.17, 15) is 9.59 Å². The highest BCUT2D eigenvalue weighted by Gasteiger charge is 2.08. The Kier molecular flexibility index (Phi) is 3.00. The van der Waals surface area contributed by atoms with Crippen molar-refractivity contribution in [3.8, 4) is 5.69 Å². The van der Waals surface area contributed by atoms with Crippen LogP contribution in [0.25, 0.3) is 5.69 Å². The zero-order valence-electron chi connectivity index (χ0n) is 8.91. The average Bonchev–Trinajstić information content (AvgIpc) is 2.32. The first-order valence-electron chi connectivity index (χ1n) is 5.03. The Labute approximate surface area is 97.0 Å². The van der Waals surface area contributed by atoms with Crippen LogP contribution in [-0.2, 0) is 11.2 Å². The highest BCUT2D eigenvalue weighted by Crippen LogP contribution is 2.02. The van der Waals surface area contributed by atoms with E-state index in [1.165, 1.54) is 16.9 Å². The summed E-state index contributed by atoms with van der Waals surface area (Å²) in [7, 11) is 0. The van der Waals surface area contributed by atoms with Crippen molar-refractivity contribution in [2.75, 3.05) is 0 Å². The Hall–Kier alpha value is -2.43. The Morgan fingerprint density at radius 1 is 1.24 bits per heavy atom. The summed E-state index contributed by atoms with van der Waals surface area (Å²) in [6.45, 7) is 0. The van der Waals surface area contributed by atoms with Gasteiger partial charge in [0.2, 0.25) is 0 Å². The molecule has 1 aromatic carbocycles. The van der Waals surface area contributed by atoms with Gasteiger partial charge >= 0.3 is 5.97 Å². The third-order valence-corrected chi connectivity index (χ3v) is 2.27. The molecule has 1 heterocycles. The van der Waals surface area contributed by atoms with Crippen molar-refractivity contribution < 1.29 is 9.90 Å². The lowest BCUT2D eigenvalue weighted by molar-refractivity contribution is -0.136. The summed E-state index contributed by atoms with van der Waals surface area (Å²) in [5.74, 6) is -1.03. The summed E-state index contributed by atoms with van der Waals surface area (Å²) < 4.78 is 1.19. The number of aliphatic carboxylic acids is 1. The second-order valence-electron chi connectivity index (χ2n) is 3.48. The number of carboxylic acid groups (broad SMARTS) is 1. The standard InChI is InChI=1S/C12H10N2O3/c15-11(16)8-9-6-7-13-14(12(9)17)10-4-2-1-3-5-10/h1-7H,8H2,(H,15,16). The van der Waals surface area contributed by atoms with E-state index in [1.54, 1.807) is 24.3 Å². The molecule has 0 aliphatic heterocycles. The first-order valence-corrected chi connectivity index (χ1v) is 5.03. The third-order valence-electron chi connectivity index (χ3n) is 2.27. The van der Waals surface area contributed by atoms with Gasteiger partial charge in [-0.2, -0.15) is 9.78 Å². The molecule has 0 spiro atoms. The van der Waals surface area contributed by atoms with Crippen LogP contribution in [0.15, 0.2) is 47.4 Å². The van der Waals surface area contributed by atoms with E-state index in [-0.39, 0.29) is 12.0 Å². The van der Waals surface area contributed by atoms with Crippen molar-refractivity contribution in [1.29, 1.82) is 0 Å². The van der Waals surface area contributed by atoms with Gasteiger partial charge in [-0.15, -0.1) is 0 Å². The number of carbonyl (C=O) groups is 1. The first kappa shape index (κ1) is 11.1. The van der Waals surface area contributed by atoms with E-state index >= 15 is 0 Å². The largest absolute Gasteiger partial charge is 0.481 e. The van der Waals surface area contributed by atoms with Crippen molar-refractivity contribution in [2.24, 2.45) is 0 Å². The Balaban J connectivity index is 2.50. The molecule has 5 nitrogen and oxygen atoms in total. The van der Waals surface area contributed by atoms with E-state index in [0.717, 1.165) is 0 Å². The number of carboxylic acids is 1. The Bertz CT molecular complexity index is 590. The molecule has 0 aliphatic rings. The number of aromatic nitrogens is 2. The SMILES string of the molecule is O=C(O)Cc1ccnn(-c2ccccc2)c1=O. The predicted octanol–water partition coefficient (Wildman–Crippen LogP) is 0.860. The number of benzene rings is 1. The fraction of sp³-hybridized carbons (Fsp3) is 0.0833. The van der Waals surface area contributed by atoms with Gasteiger partial charge in [-0.25, -0.2) is 0 Å². The van der Waals surface area contributed by atoms with Gasteiger partial charge in [-0.05, 0) is 18.2 Å². The van der Waals surface area contributed by atoms with Gasteiger partial charge < -0.3 is 5.11 Å². The number of para-hydroxylation sites is 1. The van der Waals surface area contributed by atoms with Crippen molar-refractivity contribution in [2.45, 2.75) is 6.42 Å². The molecule has 86 valence electrons. The van der Waals surface area contributed by atoms with Gasteiger partial charge in [-0.3, -0.25) is 9.59 Å². The summed E-state index contributed by atoms with van der Waals surface area (Å²) in [6, 6.07) is 10.3. The minimum atomic E-state index is -1.03. The Morgan fingerprint density at radius 3 is 2.59 bits per heavy atom. The lowest BCUT2D eigenvalue weighted by Crippen LogP contribution is -2.25. The molecule has 0 radical (unpaired) electrons. The zero-order chi connectivity index (χ0) is 12.3. The molecular weight excluding hydrogens is 220 g/mol. The summed E-state index contributed by atoms with van der Waals surface area (Å²) >= 11 is 0. The van der Waals surface area contributed by atoms with Gasteiger partial charge in [0.1, 0.15) is 0 Å². The van der Waals surface area contributed by atoms with Crippen molar-refractivity contribution in [3.63, 3.8) is 0 Å². The topological polar surface area (TPSA) is 72.2 Å². The molecule has 0 fully saturated rings. The second-order valence-corrected chi connectivity index (χ2v) is 3.48. The van der Waals surface area contributed by atoms with Crippen molar-refractivity contribution >= 4 is 5.97 Å². The fourth-order valence-corrected chi connectivity index (χ4v) is 1.50. The van der Waals surface area contributed by atoms with Crippen LogP contribution in [0.4, 0.5) is 0 Å². The maximum absolute atomic E-state index is 11.9. The van der Waals surface area contributed by atoms with E-state index in [2.05, 4.69) is 5.10 Å². The second kappa shape index (κ2) is 4.61. The van der Waals surface area contributed by atoms with Crippen LogP contribution >= 0.6 is 0 Å². The third kappa shape index (κ3) is 2.39. The van der Waals surface area contributed by atoms with Gasteiger partial charge in [0.25, 0.3) is 5.56 Å². The molecule has 0 atom stereocenters. The van der Waals surface area contributed by atoms with Crippen LogP contribution in [-0.4, -0.2) is 20.9 Å². The van der Waals surface area contributed by atoms with Crippen LogP contribution in [0, 0.1) is 0 Å².